The van der Waals surface area contributed by atoms with Crippen molar-refractivity contribution in [1.29, 1.82) is 0 Å². The zero-order chi connectivity index (χ0) is 12.0. The summed E-state index contributed by atoms with van der Waals surface area (Å²) >= 11 is 0. The first-order valence-electron chi connectivity index (χ1n) is 4.63. The molecule has 1 rings (SSSR count). The van der Waals surface area contributed by atoms with Gasteiger partial charge < -0.3 is 14.7 Å². The molecule has 0 unspecified atom stereocenters. The van der Waals surface area contributed by atoms with Gasteiger partial charge in [-0.3, -0.25) is 0 Å². The number of carbonyl (C=O) groups excluding carboxylic acids is 1. The van der Waals surface area contributed by atoms with E-state index in [9.17, 15) is 4.79 Å². The summed E-state index contributed by atoms with van der Waals surface area (Å²) < 4.78 is 9.51. The van der Waals surface area contributed by atoms with Gasteiger partial charge in [0.25, 0.3) is 0 Å². The van der Waals surface area contributed by atoms with Crippen LogP contribution < -0.4 is 4.74 Å². The van der Waals surface area contributed by atoms with Crippen LogP contribution in [0.5, 0.6) is 5.75 Å². The van der Waals surface area contributed by atoms with Gasteiger partial charge in [0.1, 0.15) is 5.75 Å². The molecule has 0 aliphatic carbocycles. The van der Waals surface area contributed by atoms with E-state index in [0.29, 0.717) is 5.75 Å². The number of benzene rings is 1. The van der Waals surface area contributed by atoms with Crippen molar-refractivity contribution in [2.45, 2.75) is 6.42 Å². The fourth-order valence-electron chi connectivity index (χ4n) is 1.24. The SMILES string of the molecule is COC(=O)/C(Cc1cccc(OC)c1)=N\O. The quantitative estimate of drug-likeness (QED) is 0.361. The zero-order valence-electron chi connectivity index (χ0n) is 9.14. The summed E-state index contributed by atoms with van der Waals surface area (Å²) in [5.41, 5.74) is 0.758. The average Bonchev–Trinajstić information content (AvgIpc) is 2.35. The highest BCUT2D eigenvalue weighted by Gasteiger charge is 2.13. The van der Waals surface area contributed by atoms with E-state index in [4.69, 9.17) is 9.94 Å². The minimum Gasteiger partial charge on any atom is -0.497 e. The highest BCUT2D eigenvalue weighted by molar-refractivity contribution is 6.36. The molecule has 0 aromatic heterocycles. The molecule has 0 aliphatic rings. The van der Waals surface area contributed by atoms with E-state index in [1.54, 1.807) is 31.4 Å². The van der Waals surface area contributed by atoms with Gasteiger partial charge in [-0.1, -0.05) is 17.3 Å². The van der Waals surface area contributed by atoms with E-state index < -0.39 is 5.97 Å². The first kappa shape index (κ1) is 12.0. The summed E-state index contributed by atoms with van der Waals surface area (Å²) in [6, 6.07) is 7.14. The van der Waals surface area contributed by atoms with Crippen LogP contribution >= 0.6 is 0 Å². The molecule has 0 amide bonds. The van der Waals surface area contributed by atoms with E-state index in [1.807, 2.05) is 0 Å². The van der Waals surface area contributed by atoms with Crippen LogP contribution in [0, 0.1) is 0 Å². The van der Waals surface area contributed by atoms with E-state index in [1.165, 1.54) is 7.11 Å². The number of nitrogens with zero attached hydrogens (tertiary/aromatic N) is 1. The Morgan fingerprint density at radius 2 is 2.19 bits per heavy atom. The number of ether oxygens (including phenoxy) is 2. The van der Waals surface area contributed by atoms with E-state index >= 15 is 0 Å². The number of rotatable bonds is 4. The predicted molar refractivity (Wildman–Crippen MR) is 57.9 cm³/mol. The molecule has 5 heteroatoms. The zero-order valence-corrected chi connectivity index (χ0v) is 9.14. The Morgan fingerprint density at radius 3 is 2.75 bits per heavy atom. The van der Waals surface area contributed by atoms with E-state index in [-0.39, 0.29) is 12.1 Å². The van der Waals surface area contributed by atoms with Crippen LogP contribution in [0.3, 0.4) is 0 Å². The molecule has 86 valence electrons. The van der Waals surface area contributed by atoms with E-state index in [2.05, 4.69) is 9.89 Å². The van der Waals surface area contributed by atoms with Crippen molar-refractivity contribution in [3.8, 4) is 5.75 Å². The van der Waals surface area contributed by atoms with Gasteiger partial charge in [0.2, 0.25) is 0 Å². The molecule has 0 spiro atoms. The second-order valence-corrected chi connectivity index (χ2v) is 3.07. The Morgan fingerprint density at radius 1 is 1.44 bits per heavy atom. The average molecular weight is 223 g/mol. The molecule has 1 aromatic carbocycles. The van der Waals surface area contributed by atoms with Crippen molar-refractivity contribution in [2.24, 2.45) is 5.16 Å². The van der Waals surface area contributed by atoms with Crippen LogP contribution in [0.2, 0.25) is 0 Å². The molecule has 1 N–H and O–H groups in total. The van der Waals surface area contributed by atoms with Gasteiger partial charge in [-0.25, -0.2) is 4.79 Å². The summed E-state index contributed by atoms with van der Waals surface area (Å²) in [6.45, 7) is 0. The lowest BCUT2D eigenvalue weighted by Gasteiger charge is -2.04. The highest BCUT2D eigenvalue weighted by Crippen LogP contribution is 2.13. The van der Waals surface area contributed by atoms with Crippen LogP contribution in [0.1, 0.15) is 5.56 Å². The van der Waals surface area contributed by atoms with E-state index in [0.717, 1.165) is 5.56 Å². The topological polar surface area (TPSA) is 68.1 Å². The monoisotopic (exact) mass is 223 g/mol. The van der Waals surface area contributed by atoms with Crippen LogP contribution in [0.4, 0.5) is 0 Å². The molecule has 1 aromatic rings. The van der Waals surface area contributed by atoms with Crippen molar-refractivity contribution in [2.75, 3.05) is 14.2 Å². The highest BCUT2D eigenvalue weighted by atomic mass is 16.5. The normalized spacial score (nSPS) is 11.0. The minimum atomic E-state index is -0.648. The van der Waals surface area contributed by atoms with Crippen molar-refractivity contribution in [3.63, 3.8) is 0 Å². The first-order chi connectivity index (χ1) is 7.71. The molecule has 0 saturated carbocycles. The standard InChI is InChI=1S/C11H13NO4/c1-15-9-5-3-4-8(6-9)7-10(12-14)11(13)16-2/h3-6,14H,7H2,1-2H3/b12-10-. The summed E-state index contributed by atoms with van der Waals surface area (Å²) in [4.78, 5) is 11.2. The molecule has 0 saturated heterocycles. The lowest BCUT2D eigenvalue weighted by atomic mass is 10.1. The Bertz CT molecular complexity index is 401. The maximum absolute atomic E-state index is 11.2. The smallest absolute Gasteiger partial charge is 0.356 e. The Hall–Kier alpha value is -2.04. The fourth-order valence-corrected chi connectivity index (χ4v) is 1.24. The van der Waals surface area contributed by atoms with Gasteiger partial charge in [0, 0.05) is 6.42 Å². The lowest BCUT2D eigenvalue weighted by Crippen LogP contribution is -2.18. The lowest BCUT2D eigenvalue weighted by molar-refractivity contribution is -0.133. The van der Waals surface area contributed by atoms with Gasteiger partial charge in [-0.2, -0.15) is 0 Å². The molecular formula is C11H13NO4. The first-order valence-corrected chi connectivity index (χ1v) is 4.63. The second kappa shape index (κ2) is 5.75. The Kier molecular flexibility index (Phi) is 4.32. The Balaban J connectivity index is 2.82. The largest absolute Gasteiger partial charge is 0.497 e. The molecule has 0 aliphatic heterocycles. The number of carbonyl (C=O) groups is 1. The molecular weight excluding hydrogens is 210 g/mol. The number of oxime groups is 1. The van der Waals surface area contributed by atoms with Gasteiger partial charge in [-0.15, -0.1) is 0 Å². The number of hydrogen-bond acceptors (Lipinski definition) is 5. The molecule has 5 nitrogen and oxygen atoms in total. The second-order valence-electron chi connectivity index (χ2n) is 3.07. The minimum absolute atomic E-state index is 0.0456. The molecule has 0 heterocycles. The maximum atomic E-state index is 11.2. The van der Waals surface area contributed by atoms with Gasteiger partial charge in [-0.05, 0) is 17.7 Å². The number of hydrogen-bond donors (Lipinski definition) is 1. The van der Waals surface area contributed by atoms with Crippen LogP contribution in [-0.2, 0) is 16.0 Å². The Labute approximate surface area is 93.3 Å². The number of methoxy groups -OCH3 is 2. The van der Waals surface area contributed by atoms with Crippen LogP contribution in [0.15, 0.2) is 29.4 Å². The van der Waals surface area contributed by atoms with Crippen molar-refractivity contribution >= 4 is 11.7 Å². The molecule has 16 heavy (non-hydrogen) atoms. The summed E-state index contributed by atoms with van der Waals surface area (Å²) in [6.07, 6.45) is 0.195. The molecule has 0 bridgehead atoms. The van der Waals surface area contributed by atoms with Crippen molar-refractivity contribution < 1.29 is 19.5 Å². The number of esters is 1. The molecule has 0 fully saturated rings. The third-order valence-electron chi connectivity index (χ3n) is 2.05. The summed E-state index contributed by atoms with van der Waals surface area (Å²) in [5.74, 6) is 0.0324. The van der Waals surface area contributed by atoms with Gasteiger partial charge >= 0.3 is 5.97 Å². The van der Waals surface area contributed by atoms with Gasteiger partial charge in [0.15, 0.2) is 5.71 Å². The van der Waals surface area contributed by atoms with Crippen LogP contribution in [-0.4, -0.2) is 31.1 Å². The summed E-state index contributed by atoms with van der Waals surface area (Å²) in [7, 11) is 2.79. The molecule has 0 radical (unpaired) electrons. The third kappa shape index (κ3) is 2.98. The predicted octanol–water partition coefficient (Wildman–Crippen LogP) is 1.24. The van der Waals surface area contributed by atoms with Gasteiger partial charge in [0.05, 0.1) is 14.2 Å². The van der Waals surface area contributed by atoms with Crippen molar-refractivity contribution in [1.82, 2.24) is 0 Å². The molecule has 0 atom stereocenters. The fraction of sp³-hybridized carbons (Fsp3) is 0.273. The van der Waals surface area contributed by atoms with Crippen LogP contribution in [0.25, 0.3) is 0 Å². The summed E-state index contributed by atoms with van der Waals surface area (Å²) in [5, 5.41) is 11.6. The maximum Gasteiger partial charge on any atom is 0.356 e. The third-order valence-corrected chi connectivity index (χ3v) is 2.05. The van der Waals surface area contributed by atoms with Crippen molar-refractivity contribution in [3.05, 3.63) is 29.8 Å².